The zero-order valence-electron chi connectivity index (χ0n) is 11.9. The summed E-state index contributed by atoms with van der Waals surface area (Å²) in [5, 5.41) is 11.9. The number of nitriles is 1. The highest BCUT2D eigenvalue weighted by atomic mass is 35.5. The van der Waals surface area contributed by atoms with Gasteiger partial charge >= 0.3 is 0 Å². The zero-order valence-corrected chi connectivity index (χ0v) is 13.4. The van der Waals surface area contributed by atoms with E-state index in [1.54, 1.807) is 11.3 Å². The Hall–Kier alpha value is -1.83. The van der Waals surface area contributed by atoms with Crippen LogP contribution in [0.25, 0.3) is 21.7 Å². The summed E-state index contributed by atoms with van der Waals surface area (Å²) >= 11 is 8.02. The average molecular weight is 316 g/mol. The molecule has 106 valence electrons. The third-order valence-corrected chi connectivity index (χ3v) is 5.12. The van der Waals surface area contributed by atoms with Crippen molar-refractivity contribution in [2.75, 3.05) is 0 Å². The number of thiophene rings is 1. The predicted octanol–water partition coefficient (Wildman–Crippen LogP) is 5.01. The predicted molar refractivity (Wildman–Crippen MR) is 87.8 cm³/mol. The first-order valence-electron chi connectivity index (χ1n) is 6.80. The van der Waals surface area contributed by atoms with E-state index in [0.29, 0.717) is 5.56 Å². The number of aromatic nitrogens is 2. The molecule has 0 aliphatic heterocycles. The quantitative estimate of drug-likeness (QED) is 0.682. The van der Waals surface area contributed by atoms with Crippen molar-refractivity contribution in [1.82, 2.24) is 9.55 Å². The number of benzene rings is 1. The van der Waals surface area contributed by atoms with Crippen LogP contribution in [0.3, 0.4) is 0 Å². The van der Waals surface area contributed by atoms with Crippen molar-refractivity contribution in [2.24, 2.45) is 0 Å². The van der Waals surface area contributed by atoms with Crippen molar-refractivity contribution in [1.29, 1.82) is 5.26 Å². The van der Waals surface area contributed by atoms with Crippen LogP contribution in [0.1, 0.15) is 24.5 Å². The highest BCUT2D eigenvalue weighted by molar-refractivity contribution is 7.14. The summed E-state index contributed by atoms with van der Waals surface area (Å²) in [5.74, 6) is 0.894. The Bertz CT molecular complexity index is 854. The van der Waals surface area contributed by atoms with E-state index in [1.807, 2.05) is 30.5 Å². The first-order chi connectivity index (χ1) is 10.2. The summed E-state index contributed by atoms with van der Waals surface area (Å²) in [7, 11) is 0. The Balaban J connectivity index is 2.28. The number of halogens is 1. The van der Waals surface area contributed by atoms with E-state index in [0.717, 1.165) is 45.3 Å². The molecule has 3 rings (SSSR count). The van der Waals surface area contributed by atoms with E-state index in [2.05, 4.69) is 17.6 Å². The van der Waals surface area contributed by atoms with Crippen molar-refractivity contribution >= 4 is 34.0 Å². The lowest BCUT2D eigenvalue weighted by Crippen LogP contribution is -1.99. The van der Waals surface area contributed by atoms with Gasteiger partial charge < -0.3 is 4.57 Å². The van der Waals surface area contributed by atoms with E-state index in [4.69, 9.17) is 21.8 Å². The number of hydrogen-bond donors (Lipinski definition) is 0. The molecule has 0 N–H and O–H groups in total. The first-order valence-corrected chi connectivity index (χ1v) is 8.05. The molecule has 0 saturated heterocycles. The largest absolute Gasteiger partial charge is 0.323 e. The van der Waals surface area contributed by atoms with Crippen LogP contribution in [0.5, 0.6) is 0 Å². The van der Waals surface area contributed by atoms with Gasteiger partial charge in [0.15, 0.2) is 5.82 Å². The monoisotopic (exact) mass is 315 g/mol. The van der Waals surface area contributed by atoms with Crippen molar-refractivity contribution in [3.63, 3.8) is 0 Å². The summed E-state index contributed by atoms with van der Waals surface area (Å²) in [4.78, 5) is 5.72. The Labute approximate surface area is 132 Å². The zero-order chi connectivity index (χ0) is 15.0. The van der Waals surface area contributed by atoms with E-state index in [9.17, 15) is 0 Å². The Morgan fingerprint density at radius 3 is 2.86 bits per heavy atom. The Morgan fingerprint density at radius 1 is 1.43 bits per heavy atom. The molecule has 21 heavy (non-hydrogen) atoms. The number of aryl methyl sites for hydroxylation is 2. The van der Waals surface area contributed by atoms with Crippen molar-refractivity contribution in [3.8, 4) is 16.8 Å². The molecule has 1 aromatic carbocycles. The second kappa shape index (κ2) is 5.51. The van der Waals surface area contributed by atoms with Gasteiger partial charge in [-0.2, -0.15) is 5.26 Å². The molecule has 0 amide bonds. The van der Waals surface area contributed by atoms with Crippen LogP contribution in [0, 0.1) is 18.3 Å². The van der Waals surface area contributed by atoms with Crippen LogP contribution in [0.2, 0.25) is 5.02 Å². The fraction of sp³-hybridized carbons (Fsp3) is 0.250. The molecule has 2 aromatic heterocycles. The van der Waals surface area contributed by atoms with Crippen LogP contribution in [-0.4, -0.2) is 9.55 Å². The van der Waals surface area contributed by atoms with Crippen molar-refractivity contribution in [2.45, 2.75) is 26.8 Å². The number of fused-ring (bicyclic) bond motifs is 1. The Morgan fingerprint density at radius 2 is 2.24 bits per heavy atom. The van der Waals surface area contributed by atoms with E-state index >= 15 is 0 Å². The summed E-state index contributed by atoms with van der Waals surface area (Å²) < 4.78 is 2.19. The molecule has 0 spiro atoms. The van der Waals surface area contributed by atoms with Crippen molar-refractivity contribution in [3.05, 3.63) is 39.7 Å². The molecule has 3 aromatic rings. The standard InChI is InChI=1S/C16H14ClN3S/c1-3-6-20-13-5-4-11(8-18)7-12(13)19-16(20)15-14(17)10(2)9-21-15/h4-5,7,9H,3,6H2,1-2H3. The Kier molecular flexibility index (Phi) is 3.71. The van der Waals surface area contributed by atoms with E-state index < -0.39 is 0 Å². The van der Waals surface area contributed by atoms with Gasteiger partial charge in [0.25, 0.3) is 0 Å². The smallest absolute Gasteiger partial charge is 0.152 e. The number of imidazole rings is 1. The van der Waals surface area contributed by atoms with Crippen LogP contribution < -0.4 is 0 Å². The molecule has 0 unspecified atom stereocenters. The minimum absolute atomic E-state index is 0.628. The first kappa shape index (κ1) is 14.1. The molecule has 5 heteroatoms. The maximum Gasteiger partial charge on any atom is 0.152 e. The maximum atomic E-state index is 9.04. The highest BCUT2D eigenvalue weighted by Gasteiger charge is 2.17. The summed E-state index contributed by atoms with van der Waals surface area (Å²) in [6.07, 6.45) is 1.01. The molecule has 0 fully saturated rings. The van der Waals surface area contributed by atoms with Gasteiger partial charge in [0, 0.05) is 6.54 Å². The van der Waals surface area contributed by atoms with Crippen molar-refractivity contribution < 1.29 is 0 Å². The minimum atomic E-state index is 0.628. The maximum absolute atomic E-state index is 9.04. The summed E-state index contributed by atoms with van der Waals surface area (Å²) in [6.45, 7) is 5.02. The highest BCUT2D eigenvalue weighted by Crippen LogP contribution is 2.37. The van der Waals surface area contributed by atoms with Crippen LogP contribution in [0.15, 0.2) is 23.6 Å². The molecule has 2 heterocycles. The molecule has 0 atom stereocenters. The van der Waals surface area contributed by atoms with Gasteiger partial charge in [0.1, 0.15) is 0 Å². The van der Waals surface area contributed by atoms with Gasteiger partial charge in [-0.1, -0.05) is 18.5 Å². The summed E-state index contributed by atoms with van der Waals surface area (Å²) in [6, 6.07) is 7.80. The van der Waals surface area contributed by atoms with Crippen LogP contribution >= 0.6 is 22.9 Å². The lowest BCUT2D eigenvalue weighted by molar-refractivity contribution is 0.705. The average Bonchev–Trinajstić information content (AvgIpc) is 3.00. The van der Waals surface area contributed by atoms with Gasteiger partial charge in [-0.25, -0.2) is 4.98 Å². The van der Waals surface area contributed by atoms with Gasteiger partial charge in [-0.15, -0.1) is 11.3 Å². The molecule has 0 saturated carbocycles. The SMILES string of the molecule is CCCn1c(-c2scc(C)c2Cl)nc2cc(C#N)ccc21. The third kappa shape index (κ3) is 2.33. The molecule has 0 aliphatic rings. The molecular weight excluding hydrogens is 302 g/mol. The second-order valence-corrected chi connectivity index (χ2v) is 6.22. The third-order valence-electron chi connectivity index (χ3n) is 3.43. The minimum Gasteiger partial charge on any atom is -0.323 e. The van der Waals surface area contributed by atoms with Crippen LogP contribution in [-0.2, 0) is 6.54 Å². The van der Waals surface area contributed by atoms with Gasteiger partial charge in [-0.05, 0) is 42.5 Å². The lowest BCUT2D eigenvalue weighted by atomic mass is 10.2. The summed E-state index contributed by atoms with van der Waals surface area (Å²) in [5.41, 5.74) is 3.60. The number of hydrogen-bond acceptors (Lipinski definition) is 3. The normalized spacial score (nSPS) is 11.0. The van der Waals surface area contributed by atoms with E-state index in [-0.39, 0.29) is 0 Å². The van der Waals surface area contributed by atoms with Gasteiger partial charge in [-0.3, -0.25) is 0 Å². The van der Waals surface area contributed by atoms with Gasteiger partial charge in [0.2, 0.25) is 0 Å². The molecule has 0 radical (unpaired) electrons. The molecular formula is C16H14ClN3S. The fourth-order valence-electron chi connectivity index (χ4n) is 2.40. The second-order valence-electron chi connectivity index (χ2n) is 4.96. The number of rotatable bonds is 3. The van der Waals surface area contributed by atoms with Gasteiger partial charge in [0.05, 0.1) is 32.6 Å². The molecule has 0 aliphatic carbocycles. The molecule has 3 nitrogen and oxygen atoms in total. The fourth-order valence-corrected chi connectivity index (χ4v) is 3.68. The van der Waals surface area contributed by atoms with Crippen LogP contribution in [0.4, 0.5) is 0 Å². The topological polar surface area (TPSA) is 41.6 Å². The van der Waals surface area contributed by atoms with E-state index in [1.165, 1.54) is 0 Å². The lowest BCUT2D eigenvalue weighted by Gasteiger charge is -2.06. The molecule has 0 bridgehead atoms. The number of nitrogens with zero attached hydrogens (tertiary/aromatic N) is 3.